The van der Waals surface area contributed by atoms with Gasteiger partial charge >= 0.3 is 8.56 Å². The Balaban J connectivity index is 2.08. The Morgan fingerprint density at radius 2 is 1.68 bits per heavy atom. The van der Waals surface area contributed by atoms with Gasteiger partial charge in [0.25, 0.3) is 0 Å². The fourth-order valence-electron chi connectivity index (χ4n) is 4.26. The molecule has 2 aliphatic rings. The maximum Gasteiger partial charge on any atom is 0.350 e. The van der Waals surface area contributed by atoms with Gasteiger partial charge < -0.3 is 8.85 Å². The van der Waals surface area contributed by atoms with E-state index in [2.05, 4.69) is 78.6 Å². The topological polar surface area (TPSA) is 18.5 Å². The van der Waals surface area contributed by atoms with Crippen molar-refractivity contribution in [2.45, 2.75) is 88.5 Å². The van der Waals surface area contributed by atoms with Crippen LogP contribution in [0.2, 0.25) is 10.1 Å². The zero-order valence-corrected chi connectivity index (χ0v) is 19.9. The summed E-state index contributed by atoms with van der Waals surface area (Å²) in [5, 5.41) is 0.0813. The van der Waals surface area contributed by atoms with E-state index in [0.29, 0.717) is 12.5 Å². The molecule has 0 N–H and O–H groups in total. The summed E-state index contributed by atoms with van der Waals surface area (Å²) < 4.78 is 14.2. The second-order valence-electron chi connectivity index (χ2n) is 9.68. The van der Waals surface area contributed by atoms with Crippen molar-refractivity contribution in [1.29, 1.82) is 0 Å². The van der Waals surface area contributed by atoms with Gasteiger partial charge in [-0.25, -0.2) is 0 Å². The normalized spacial score (nSPS) is 27.3. The third-order valence-corrected chi connectivity index (χ3v) is 13.6. The monoisotopic (exact) mass is 402 g/mol. The van der Waals surface area contributed by atoms with Gasteiger partial charge in [0, 0.05) is 10.1 Å². The van der Waals surface area contributed by atoms with Crippen LogP contribution in [0.25, 0.3) is 0 Å². The van der Waals surface area contributed by atoms with Gasteiger partial charge in [-0.1, -0.05) is 55.0 Å². The van der Waals surface area contributed by atoms with Crippen LogP contribution in [-0.2, 0) is 8.85 Å². The Bertz CT molecular complexity index is 447. The Morgan fingerprint density at radius 3 is 2.20 bits per heavy atom. The molecule has 2 nitrogen and oxygen atoms in total. The highest BCUT2D eigenvalue weighted by Gasteiger charge is 2.61. The average molecular weight is 403 g/mol. The number of thioether (sulfide) groups is 2. The molecular weight excluding hydrogens is 364 g/mol. The first-order valence-corrected chi connectivity index (χ1v) is 13.6. The van der Waals surface area contributed by atoms with Crippen LogP contribution in [-0.4, -0.2) is 37.4 Å². The molecule has 0 amide bonds. The predicted molar refractivity (Wildman–Crippen MR) is 117 cm³/mol. The molecule has 0 saturated carbocycles. The minimum absolute atomic E-state index is 0.0407. The van der Waals surface area contributed by atoms with Crippen LogP contribution in [0.5, 0.6) is 0 Å². The van der Waals surface area contributed by atoms with Crippen molar-refractivity contribution in [1.82, 2.24) is 0 Å². The SMILES string of the molecule is C=C1CO[Si](C(C)(C)C)(C(C)(C)C)O[C@H]1[C@@H](C)CCC1SCCCS1. The zero-order valence-electron chi connectivity index (χ0n) is 17.3. The van der Waals surface area contributed by atoms with E-state index in [0.717, 1.165) is 10.2 Å². The predicted octanol–water partition coefficient (Wildman–Crippen LogP) is 6.61. The summed E-state index contributed by atoms with van der Waals surface area (Å²) in [4.78, 5) is 0. The quantitative estimate of drug-likeness (QED) is 0.388. The van der Waals surface area contributed by atoms with Gasteiger partial charge in [0.2, 0.25) is 0 Å². The van der Waals surface area contributed by atoms with E-state index in [-0.39, 0.29) is 16.2 Å². The van der Waals surface area contributed by atoms with Crippen molar-refractivity contribution in [3.05, 3.63) is 12.2 Å². The Labute approximate surface area is 165 Å². The molecule has 2 saturated heterocycles. The van der Waals surface area contributed by atoms with Crippen molar-refractivity contribution < 1.29 is 8.85 Å². The molecule has 0 spiro atoms. The van der Waals surface area contributed by atoms with Crippen LogP contribution < -0.4 is 0 Å². The van der Waals surface area contributed by atoms with Gasteiger partial charge in [0.15, 0.2) is 0 Å². The first-order chi connectivity index (χ1) is 11.5. The molecule has 0 radical (unpaired) electrons. The number of hydrogen-bond acceptors (Lipinski definition) is 4. The molecule has 0 bridgehead atoms. The number of rotatable bonds is 4. The highest BCUT2D eigenvalue weighted by atomic mass is 32.2. The molecule has 2 atom stereocenters. The summed E-state index contributed by atoms with van der Waals surface area (Å²) in [5.41, 5.74) is 1.13. The Morgan fingerprint density at radius 1 is 1.12 bits per heavy atom. The lowest BCUT2D eigenvalue weighted by atomic mass is 9.94. The molecular formula is C20H38O2S2Si. The molecule has 146 valence electrons. The van der Waals surface area contributed by atoms with Crippen molar-refractivity contribution in [3.8, 4) is 0 Å². The second-order valence-corrected chi connectivity index (χ2v) is 17.4. The van der Waals surface area contributed by atoms with Crippen molar-refractivity contribution in [3.63, 3.8) is 0 Å². The molecule has 0 aromatic heterocycles. The molecule has 2 aliphatic heterocycles. The number of hydrogen-bond donors (Lipinski definition) is 0. The second kappa shape index (κ2) is 8.30. The third-order valence-electron chi connectivity index (χ3n) is 5.40. The largest absolute Gasteiger partial charge is 0.389 e. The average Bonchev–Trinajstić information content (AvgIpc) is 2.52. The standard InChI is InChI=1S/C20H38O2S2Si/c1-15(10-11-17-23-12-9-13-24-17)18-16(2)14-21-25(22-18,19(3,4)5)20(6,7)8/h15,17-18H,2,9-14H2,1,3-8H3/t15-,18-/m0/s1. The first-order valence-electron chi connectivity index (χ1n) is 9.70. The van der Waals surface area contributed by atoms with E-state index < -0.39 is 8.56 Å². The van der Waals surface area contributed by atoms with E-state index >= 15 is 0 Å². The smallest absolute Gasteiger partial charge is 0.350 e. The lowest BCUT2D eigenvalue weighted by molar-refractivity contribution is 0.0336. The molecule has 0 aromatic carbocycles. The van der Waals surface area contributed by atoms with Crippen molar-refractivity contribution in [2.24, 2.45) is 5.92 Å². The Kier molecular flexibility index (Phi) is 7.26. The van der Waals surface area contributed by atoms with Gasteiger partial charge in [-0.15, -0.1) is 23.5 Å². The lowest BCUT2D eigenvalue weighted by Gasteiger charge is -2.54. The van der Waals surface area contributed by atoms with Crippen LogP contribution >= 0.6 is 23.5 Å². The van der Waals surface area contributed by atoms with Gasteiger partial charge in [-0.3, -0.25) is 0 Å². The van der Waals surface area contributed by atoms with Crippen LogP contribution in [0.1, 0.15) is 67.7 Å². The fraction of sp³-hybridized carbons (Fsp3) is 0.900. The lowest BCUT2D eigenvalue weighted by Crippen LogP contribution is -2.62. The highest BCUT2D eigenvalue weighted by Crippen LogP contribution is 2.55. The van der Waals surface area contributed by atoms with E-state index in [4.69, 9.17) is 8.85 Å². The van der Waals surface area contributed by atoms with Gasteiger partial charge in [-0.2, -0.15) is 0 Å². The molecule has 5 heteroatoms. The minimum Gasteiger partial charge on any atom is -0.389 e. The van der Waals surface area contributed by atoms with E-state index in [1.165, 1.54) is 30.8 Å². The zero-order chi connectivity index (χ0) is 18.9. The summed E-state index contributed by atoms with van der Waals surface area (Å²) in [5.74, 6) is 3.17. The summed E-state index contributed by atoms with van der Waals surface area (Å²) >= 11 is 4.29. The highest BCUT2D eigenvalue weighted by molar-refractivity contribution is 8.17. The van der Waals surface area contributed by atoms with Crippen LogP contribution in [0.3, 0.4) is 0 Å². The summed E-state index contributed by atoms with van der Waals surface area (Å²) in [6.07, 6.45) is 4.02. The van der Waals surface area contributed by atoms with Crippen molar-refractivity contribution in [2.75, 3.05) is 18.1 Å². The maximum absolute atomic E-state index is 6.92. The molecule has 2 fully saturated rings. The molecule has 0 unspecified atom stereocenters. The van der Waals surface area contributed by atoms with Crippen LogP contribution in [0.4, 0.5) is 0 Å². The van der Waals surface area contributed by atoms with Crippen molar-refractivity contribution >= 4 is 32.1 Å². The first kappa shape index (κ1) is 21.9. The van der Waals surface area contributed by atoms with Gasteiger partial charge in [-0.05, 0) is 42.3 Å². The molecule has 0 aliphatic carbocycles. The molecule has 2 rings (SSSR count). The van der Waals surface area contributed by atoms with E-state index in [1.807, 2.05) is 0 Å². The summed E-state index contributed by atoms with van der Waals surface area (Å²) in [6, 6.07) is 0. The Hall–Kier alpha value is 0.577. The summed E-state index contributed by atoms with van der Waals surface area (Å²) in [6.45, 7) is 21.0. The van der Waals surface area contributed by atoms with E-state index in [1.54, 1.807) is 0 Å². The van der Waals surface area contributed by atoms with E-state index in [9.17, 15) is 0 Å². The van der Waals surface area contributed by atoms with Gasteiger partial charge in [0.1, 0.15) is 0 Å². The van der Waals surface area contributed by atoms with Gasteiger partial charge in [0.05, 0.1) is 17.3 Å². The maximum atomic E-state index is 6.92. The fourth-order valence-corrected chi connectivity index (χ4v) is 12.2. The molecule has 2 heterocycles. The summed E-state index contributed by atoms with van der Waals surface area (Å²) in [7, 11) is -2.39. The molecule has 0 aromatic rings. The van der Waals surface area contributed by atoms with Crippen LogP contribution in [0.15, 0.2) is 12.2 Å². The van der Waals surface area contributed by atoms with Crippen LogP contribution in [0, 0.1) is 5.92 Å². The third kappa shape index (κ3) is 4.90. The minimum atomic E-state index is -2.39. The molecule has 25 heavy (non-hydrogen) atoms.